The van der Waals surface area contributed by atoms with E-state index in [0.29, 0.717) is 0 Å². The first-order chi connectivity index (χ1) is 7.29. The average Bonchev–Trinajstić information content (AvgIpc) is 2.65. The van der Waals surface area contributed by atoms with E-state index in [2.05, 4.69) is 24.1 Å². The fourth-order valence-corrected chi connectivity index (χ4v) is 3.14. The first-order valence-electron chi connectivity index (χ1n) is 6.75. The molecule has 0 saturated carbocycles. The molecule has 3 unspecified atom stereocenters. The summed E-state index contributed by atoms with van der Waals surface area (Å²) >= 11 is 0. The standard InChI is InChI=1S/C13H26N2/c1-3-12-5-4-8-15(9-12)10-13-6-7-14-11(13)2/h11-14H,3-10H2,1-2H3. The third-order valence-corrected chi connectivity index (χ3v) is 4.36. The van der Waals surface area contributed by atoms with Crippen molar-refractivity contribution < 1.29 is 0 Å². The van der Waals surface area contributed by atoms with Crippen LogP contribution in [-0.4, -0.2) is 37.1 Å². The zero-order valence-electron chi connectivity index (χ0n) is 10.3. The second kappa shape index (κ2) is 5.31. The summed E-state index contributed by atoms with van der Waals surface area (Å²) in [5.74, 6) is 1.88. The molecule has 0 aliphatic carbocycles. The maximum Gasteiger partial charge on any atom is 0.00796 e. The Balaban J connectivity index is 1.78. The Morgan fingerprint density at radius 3 is 2.87 bits per heavy atom. The first-order valence-corrected chi connectivity index (χ1v) is 6.75. The molecule has 88 valence electrons. The Bertz CT molecular complexity index is 193. The third-order valence-electron chi connectivity index (χ3n) is 4.36. The van der Waals surface area contributed by atoms with Crippen molar-refractivity contribution in [2.45, 2.75) is 45.6 Å². The maximum absolute atomic E-state index is 3.56. The minimum Gasteiger partial charge on any atom is -0.314 e. The molecule has 0 aromatic heterocycles. The second-order valence-electron chi connectivity index (χ2n) is 5.47. The highest BCUT2D eigenvalue weighted by molar-refractivity contribution is 4.84. The predicted molar refractivity (Wildman–Crippen MR) is 65.0 cm³/mol. The van der Waals surface area contributed by atoms with Crippen molar-refractivity contribution in [3.05, 3.63) is 0 Å². The van der Waals surface area contributed by atoms with E-state index in [1.807, 2.05) is 0 Å². The van der Waals surface area contributed by atoms with E-state index in [4.69, 9.17) is 0 Å². The van der Waals surface area contributed by atoms with Crippen LogP contribution in [-0.2, 0) is 0 Å². The summed E-state index contributed by atoms with van der Waals surface area (Å²) in [5.41, 5.74) is 0. The fraction of sp³-hybridized carbons (Fsp3) is 1.00. The molecule has 2 heterocycles. The van der Waals surface area contributed by atoms with Gasteiger partial charge in [0.05, 0.1) is 0 Å². The molecule has 0 aromatic carbocycles. The lowest BCUT2D eigenvalue weighted by Crippen LogP contribution is -2.40. The van der Waals surface area contributed by atoms with E-state index in [-0.39, 0.29) is 0 Å². The number of rotatable bonds is 3. The van der Waals surface area contributed by atoms with Crippen LogP contribution in [0, 0.1) is 11.8 Å². The van der Waals surface area contributed by atoms with Gasteiger partial charge in [-0.05, 0) is 51.1 Å². The van der Waals surface area contributed by atoms with Gasteiger partial charge in [0.1, 0.15) is 0 Å². The smallest absolute Gasteiger partial charge is 0.00796 e. The largest absolute Gasteiger partial charge is 0.314 e. The molecule has 2 heteroatoms. The Morgan fingerprint density at radius 2 is 2.20 bits per heavy atom. The van der Waals surface area contributed by atoms with Gasteiger partial charge >= 0.3 is 0 Å². The molecule has 0 amide bonds. The molecule has 15 heavy (non-hydrogen) atoms. The lowest BCUT2D eigenvalue weighted by molar-refractivity contribution is 0.146. The summed E-state index contributed by atoms with van der Waals surface area (Å²) in [6.45, 7) is 9.97. The lowest BCUT2D eigenvalue weighted by Gasteiger charge is -2.34. The molecule has 2 rings (SSSR count). The van der Waals surface area contributed by atoms with E-state index < -0.39 is 0 Å². The summed E-state index contributed by atoms with van der Waals surface area (Å²) < 4.78 is 0. The highest BCUT2D eigenvalue weighted by atomic mass is 15.1. The van der Waals surface area contributed by atoms with Crippen molar-refractivity contribution in [1.29, 1.82) is 0 Å². The van der Waals surface area contributed by atoms with Gasteiger partial charge in [0, 0.05) is 19.1 Å². The topological polar surface area (TPSA) is 15.3 Å². The molecule has 0 radical (unpaired) electrons. The number of likely N-dealkylation sites (tertiary alicyclic amines) is 1. The summed E-state index contributed by atoms with van der Waals surface area (Å²) in [7, 11) is 0. The van der Waals surface area contributed by atoms with Gasteiger partial charge in [-0.25, -0.2) is 0 Å². The summed E-state index contributed by atoms with van der Waals surface area (Å²) in [6, 6.07) is 0.743. The second-order valence-corrected chi connectivity index (χ2v) is 5.47. The van der Waals surface area contributed by atoms with E-state index >= 15 is 0 Å². The predicted octanol–water partition coefficient (Wildman–Crippen LogP) is 2.11. The average molecular weight is 210 g/mol. The van der Waals surface area contributed by atoms with E-state index in [1.54, 1.807) is 0 Å². The minimum atomic E-state index is 0.743. The van der Waals surface area contributed by atoms with Crippen LogP contribution in [0.4, 0.5) is 0 Å². The molecule has 0 aromatic rings. The lowest BCUT2D eigenvalue weighted by atomic mass is 9.93. The molecule has 0 bridgehead atoms. The minimum absolute atomic E-state index is 0.743. The summed E-state index contributed by atoms with van der Waals surface area (Å²) in [6.07, 6.45) is 5.64. The van der Waals surface area contributed by atoms with Gasteiger partial charge in [0.25, 0.3) is 0 Å². The Labute approximate surface area is 94.4 Å². The van der Waals surface area contributed by atoms with Gasteiger partial charge in [-0.15, -0.1) is 0 Å². The molecular weight excluding hydrogens is 184 g/mol. The fourth-order valence-electron chi connectivity index (χ4n) is 3.14. The van der Waals surface area contributed by atoms with Gasteiger partial charge in [-0.3, -0.25) is 0 Å². The van der Waals surface area contributed by atoms with Crippen LogP contribution in [0.1, 0.15) is 39.5 Å². The van der Waals surface area contributed by atoms with Crippen molar-refractivity contribution >= 4 is 0 Å². The van der Waals surface area contributed by atoms with Crippen LogP contribution in [0.15, 0.2) is 0 Å². The van der Waals surface area contributed by atoms with Crippen molar-refractivity contribution in [1.82, 2.24) is 10.2 Å². The zero-order chi connectivity index (χ0) is 10.7. The van der Waals surface area contributed by atoms with E-state index in [9.17, 15) is 0 Å². The Kier molecular flexibility index (Phi) is 4.04. The van der Waals surface area contributed by atoms with Crippen LogP contribution in [0.3, 0.4) is 0 Å². The molecule has 3 atom stereocenters. The number of hydrogen-bond acceptors (Lipinski definition) is 2. The van der Waals surface area contributed by atoms with Gasteiger partial charge in [0.2, 0.25) is 0 Å². The SMILES string of the molecule is CCC1CCCN(CC2CCNC2C)C1. The van der Waals surface area contributed by atoms with Crippen LogP contribution in [0.25, 0.3) is 0 Å². The van der Waals surface area contributed by atoms with Crippen molar-refractivity contribution in [3.63, 3.8) is 0 Å². The molecule has 1 N–H and O–H groups in total. The first kappa shape index (κ1) is 11.4. The third kappa shape index (κ3) is 2.94. The highest BCUT2D eigenvalue weighted by Gasteiger charge is 2.27. The van der Waals surface area contributed by atoms with Crippen molar-refractivity contribution in [3.8, 4) is 0 Å². The molecule has 0 spiro atoms. The van der Waals surface area contributed by atoms with Crippen LogP contribution < -0.4 is 5.32 Å². The quantitative estimate of drug-likeness (QED) is 0.767. The summed E-state index contributed by atoms with van der Waals surface area (Å²) in [5, 5.41) is 3.56. The Hall–Kier alpha value is -0.0800. The molecule has 2 aliphatic rings. The number of nitrogens with zero attached hydrogens (tertiary/aromatic N) is 1. The number of hydrogen-bond donors (Lipinski definition) is 1. The number of nitrogens with one attached hydrogen (secondary N) is 1. The monoisotopic (exact) mass is 210 g/mol. The highest BCUT2D eigenvalue weighted by Crippen LogP contribution is 2.23. The molecule has 2 saturated heterocycles. The van der Waals surface area contributed by atoms with Crippen LogP contribution in [0.2, 0.25) is 0 Å². The molecule has 2 nitrogen and oxygen atoms in total. The molecule has 2 aliphatic heterocycles. The van der Waals surface area contributed by atoms with E-state index in [1.165, 1.54) is 51.9 Å². The van der Waals surface area contributed by atoms with Crippen molar-refractivity contribution in [2.24, 2.45) is 11.8 Å². The summed E-state index contributed by atoms with van der Waals surface area (Å²) in [4.78, 5) is 2.71. The van der Waals surface area contributed by atoms with E-state index in [0.717, 1.165) is 17.9 Å². The molecule has 2 fully saturated rings. The maximum atomic E-state index is 3.56. The van der Waals surface area contributed by atoms with Gasteiger partial charge < -0.3 is 10.2 Å². The normalized spacial score (nSPS) is 38.4. The van der Waals surface area contributed by atoms with Crippen LogP contribution >= 0.6 is 0 Å². The Morgan fingerprint density at radius 1 is 1.33 bits per heavy atom. The van der Waals surface area contributed by atoms with Crippen molar-refractivity contribution in [2.75, 3.05) is 26.2 Å². The molecular formula is C13H26N2. The number of piperidine rings is 1. The van der Waals surface area contributed by atoms with Crippen LogP contribution in [0.5, 0.6) is 0 Å². The zero-order valence-corrected chi connectivity index (χ0v) is 10.3. The van der Waals surface area contributed by atoms with Gasteiger partial charge in [-0.2, -0.15) is 0 Å². The van der Waals surface area contributed by atoms with Gasteiger partial charge in [0.15, 0.2) is 0 Å². The van der Waals surface area contributed by atoms with Gasteiger partial charge in [-0.1, -0.05) is 13.3 Å².